The first-order valence-corrected chi connectivity index (χ1v) is 25.9. The van der Waals surface area contributed by atoms with Crippen LogP contribution in [0, 0.1) is 0 Å². The quantitative estimate of drug-likeness (QED) is 0.0463. The number of rotatable bonds is 45. The van der Waals surface area contributed by atoms with Gasteiger partial charge in [0.15, 0.2) is 0 Å². The monoisotopic (exact) mass is 961 g/mol. The zero-order valence-corrected chi connectivity index (χ0v) is 52.5. The number of aliphatic carboxylic acids is 3. The van der Waals surface area contributed by atoms with E-state index in [1.165, 1.54) is 193 Å². The van der Waals surface area contributed by atoms with Crippen molar-refractivity contribution in [2.45, 2.75) is 290 Å². The fourth-order valence-electron chi connectivity index (χ4n) is 7.02. The molecule has 0 amide bonds. The molecule has 0 atom stereocenters. The summed E-state index contributed by atoms with van der Waals surface area (Å²) in [5.41, 5.74) is 0. The molecule has 0 aliphatic rings. The maximum absolute atomic E-state index is 10.2. The van der Waals surface area contributed by atoms with Gasteiger partial charge in [0, 0.05) is 17.9 Å². The van der Waals surface area contributed by atoms with Gasteiger partial charge in [-0.1, -0.05) is 211 Å². The number of unbranched alkanes of at least 4 members (excludes halogenated alkanes) is 33. The van der Waals surface area contributed by atoms with Crippen molar-refractivity contribution in [3.05, 3.63) is 36.5 Å². The van der Waals surface area contributed by atoms with Crippen LogP contribution in [0.2, 0.25) is 0 Å². The van der Waals surface area contributed by atoms with Crippen LogP contribution in [-0.2, 0) is 14.4 Å². The average Bonchev–Trinajstić information content (AvgIpc) is 3.22. The number of hydrogen-bond donors (Lipinski definition) is 0. The van der Waals surface area contributed by atoms with Crippen LogP contribution in [0.4, 0.5) is 0 Å². The minimum absolute atomic E-state index is 0. The Balaban J connectivity index is -0.000000189. The minimum atomic E-state index is -0.914. The summed E-state index contributed by atoms with van der Waals surface area (Å²) in [6.07, 6.45) is 62.7. The Morgan fingerprint density at radius 2 is 0.397 bits per heavy atom. The van der Waals surface area contributed by atoms with Crippen LogP contribution in [0.25, 0.3) is 0 Å². The van der Waals surface area contributed by atoms with Crippen LogP contribution in [0.5, 0.6) is 0 Å². The zero-order valence-electron chi connectivity index (χ0n) is 43.1. The number of carboxylic acids is 3. The van der Waals surface area contributed by atoms with Gasteiger partial charge < -0.3 is 29.7 Å². The first-order chi connectivity index (χ1) is 29.3. The van der Waals surface area contributed by atoms with Crippen molar-refractivity contribution in [1.82, 2.24) is 0 Å². The van der Waals surface area contributed by atoms with Crippen LogP contribution in [0.15, 0.2) is 36.5 Å². The predicted octanol–water partition coefficient (Wildman–Crippen LogP) is 5.33. The van der Waals surface area contributed by atoms with Crippen molar-refractivity contribution in [2.24, 2.45) is 0 Å². The Morgan fingerprint density at radius 1 is 0.254 bits per heavy atom. The van der Waals surface area contributed by atoms with E-state index in [1.54, 1.807) is 0 Å². The summed E-state index contributed by atoms with van der Waals surface area (Å²) in [5.74, 6) is -2.74. The summed E-state index contributed by atoms with van der Waals surface area (Å²) >= 11 is 0. The molecule has 0 rings (SSSR count). The average molecular weight is 962 g/mol. The smallest absolute Gasteiger partial charge is 0.550 e. The molecule has 63 heavy (non-hydrogen) atoms. The maximum atomic E-state index is 10.2. The van der Waals surface area contributed by atoms with E-state index in [1.807, 2.05) is 0 Å². The molecule has 0 aromatic carbocycles. The third-order valence-corrected chi connectivity index (χ3v) is 10.9. The van der Waals surface area contributed by atoms with E-state index in [4.69, 9.17) is 0 Å². The Labute approximate surface area is 520 Å². The van der Waals surface area contributed by atoms with Gasteiger partial charge in [0.2, 0.25) is 0 Å². The Kier molecular flexibility index (Phi) is 89.8. The molecular formula is C54H99K3O6. The van der Waals surface area contributed by atoms with E-state index in [0.29, 0.717) is 0 Å². The normalized spacial score (nSPS) is 10.7. The molecule has 6 nitrogen and oxygen atoms in total. The summed E-state index contributed by atoms with van der Waals surface area (Å²) in [6.45, 7) is 6.77. The van der Waals surface area contributed by atoms with Crippen molar-refractivity contribution in [2.75, 3.05) is 0 Å². The largest absolute Gasteiger partial charge is 1.00 e. The molecule has 0 unspecified atom stereocenters. The number of hydrogen-bond acceptors (Lipinski definition) is 6. The molecule has 0 N–H and O–H groups in total. The SMILES string of the molecule is CCCCCCCC/C=C\CCCCCCCC(=O)[O-].CCCCCCCC/C=C\CCCCCCCC(=O)[O-].CCCCCCCC/C=C\CCCCCCCC(=O)[O-].[K+].[K+].[K+]. The van der Waals surface area contributed by atoms with Crippen molar-refractivity contribution >= 4 is 17.9 Å². The van der Waals surface area contributed by atoms with Gasteiger partial charge in [0.25, 0.3) is 0 Å². The van der Waals surface area contributed by atoms with E-state index in [0.717, 1.165) is 57.8 Å². The summed E-state index contributed by atoms with van der Waals surface area (Å²) < 4.78 is 0. The summed E-state index contributed by atoms with van der Waals surface area (Å²) in [4.78, 5) is 30.6. The van der Waals surface area contributed by atoms with Crippen molar-refractivity contribution < 1.29 is 184 Å². The number of carbonyl (C=O) groups excluding carboxylic acids is 3. The fourth-order valence-corrected chi connectivity index (χ4v) is 7.02. The topological polar surface area (TPSA) is 120 Å². The molecule has 0 spiro atoms. The van der Waals surface area contributed by atoms with Crippen LogP contribution in [0.1, 0.15) is 290 Å². The predicted molar refractivity (Wildman–Crippen MR) is 253 cm³/mol. The van der Waals surface area contributed by atoms with Crippen LogP contribution in [-0.4, -0.2) is 17.9 Å². The minimum Gasteiger partial charge on any atom is -0.550 e. The molecule has 0 aromatic heterocycles. The van der Waals surface area contributed by atoms with Gasteiger partial charge in [-0.05, 0) is 116 Å². The van der Waals surface area contributed by atoms with E-state index in [2.05, 4.69) is 57.2 Å². The third-order valence-electron chi connectivity index (χ3n) is 10.9. The van der Waals surface area contributed by atoms with Gasteiger partial charge in [-0.3, -0.25) is 0 Å². The Morgan fingerprint density at radius 3 is 0.556 bits per heavy atom. The molecule has 0 saturated heterocycles. The Hall–Kier alpha value is 2.54. The van der Waals surface area contributed by atoms with Gasteiger partial charge in [0.1, 0.15) is 0 Å². The number of carboxylic acid groups (broad SMARTS) is 3. The summed E-state index contributed by atoms with van der Waals surface area (Å²) in [7, 11) is 0. The van der Waals surface area contributed by atoms with Gasteiger partial charge in [0.05, 0.1) is 0 Å². The summed E-state index contributed by atoms with van der Waals surface area (Å²) in [5, 5.41) is 30.6. The molecule has 0 heterocycles. The van der Waals surface area contributed by atoms with Crippen molar-refractivity contribution in [1.29, 1.82) is 0 Å². The molecule has 0 aromatic rings. The van der Waals surface area contributed by atoms with Gasteiger partial charge in [-0.2, -0.15) is 0 Å². The molecule has 9 heteroatoms. The summed E-state index contributed by atoms with van der Waals surface area (Å²) in [6, 6.07) is 0. The molecule has 0 fully saturated rings. The van der Waals surface area contributed by atoms with Crippen LogP contribution < -0.4 is 169 Å². The Bertz CT molecular complexity index is 837. The van der Waals surface area contributed by atoms with Crippen molar-refractivity contribution in [3.63, 3.8) is 0 Å². The van der Waals surface area contributed by atoms with Crippen molar-refractivity contribution in [3.8, 4) is 0 Å². The third kappa shape index (κ3) is 88.1. The molecule has 0 aliphatic carbocycles. The second kappa shape index (κ2) is 73.5. The second-order valence-electron chi connectivity index (χ2n) is 17.1. The van der Waals surface area contributed by atoms with Gasteiger partial charge in [-0.15, -0.1) is 0 Å². The van der Waals surface area contributed by atoms with Crippen LogP contribution >= 0.6 is 0 Å². The van der Waals surface area contributed by atoms with Crippen LogP contribution in [0.3, 0.4) is 0 Å². The standard InChI is InChI=1S/3C18H34O2.3K/c3*1-2-3-4-5-6-7-8-9-10-11-12-13-14-15-16-17-18(19)20;;;/h3*9-10H,2-8,11-17H2,1H3,(H,19,20);;;/q;;;3*+1/p-3/b3*10-9-;;;. The van der Waals surface area contributed by atoms with E-state index in [-0.39, 0.29) is 173 Å². The van der Waals surface area contributed by atoms with E-state index >= 15 is 0 Å². The maximum Gasteiger partial charge on any atom is 1.00 e. The first kappa shape index (κ1) is 77.0. The van der Waals surface area contributed by atoms with Gasteiger partial charge >= 0.3 is 154 Å². The van der Waals surface area contributed by atoms with E-state index in [9.17, 15) is 29.7 Å². The molecular weight excluding hydrogens is 862 g/mol. The molecule has 0 saturated carbocycles. The van der Waals surface area contributed by atoms with E-state index < -0.39 is 17.9 Å². The molecule has 354 valence electrons. The van der Waals surface area contributed by atoms with Gasteiger partial charge in [-0.25, -0.2) is 0 Å². The fraction of sp³-hybridized carbons (Fsp3) is 0.833. The number of allylic oxidation sites excluding steroid dienone is 6. The molecule has 0 bridgehead atoms. The molecule has 0 radical (unpaired) electrons. The number of carbonyl (C=O) groups is 3. The zero-order chi connectivity index (χ0) is 44.7. The molecule has 0 aliphatic heterocycles. The first-order valence-electron chi connectivity index (χ1n) is 25.9. The second-order valence-corrected chi connectivity index (χ2v) is 17.1.